The summed E-state index contributed by atoms with van der Waals surface area (Å²) in [6.07, 6.45) is -0.247. The molecule has 1 aromatic rings. The zero-order valence-electron chi connectivity index (χ0n) is 11.9. The second kappa shape index (κ2) is 6.31. The van der Waals surface area contributed by atoms with Gasteiger partial charge in [0.25, 0.3) is 0 Å². The lowest BCUT2D eigenvalue weighted by Gasteiger charge is -2.35. The van der Waals surface area contributed by atoms with Crippen LogP contribution in [0.25, 0.3) is 0 Å². The van der Waals surface area contributed by atoms with Gasteiger partial charge in [0.05, 0.1) is 6.61 Å². The molecule has 0 aromatic heterocycles. The van der Waals surface area contributed by atoms with Crippen molar-refractivity contribution < 1.29 is 23.4 Å². The SMILES string of the molecule is CCOC(=O)C(F)(F)[C@](O)(CC(C)C)c1ccccc1. The Balaban J connectivity index is 3.27. The van der Waals surface area contributed by atoms with Gasteiger partial charge in [0.1, 0.15) is 0 Å². The Hall–Kier alpha value is -1.49. The van der Waals surface area contributed by atoms with Crippen molar-refractivity contribution in [3.05, 3.63) is 35.9 Å². The Morgan fingerprint density at radius 1 is 1.30 bits per heavy atom. The van der Waals surface area contributed by atoms with Gasteiger partial charge in [0, 0.05) is 0 Å². The van der Waals surface area contributed by atoms with Crippen LogP contribution in [-0.4, -0.2) is 23.6 Å². The van der Waals surface area contributed by atoms with Gasteiger partial charge in [-0.15, -0.1) is 0 Å². The second-order valence-corrected chi connectivity index (χ2v) is 5.12. The molecule has 0 aliphatic heterocycles. The Labute approximate surface area is 117 Å². The third kappa shape index (κ3) is 3.15. The molecule has 0 spiro atoms. The number of ether oxygens (including phenoxy) is 1. The maximum Gasteiger partial charge on any atom is 0.380 e. The molecule has 0 bridgehead atoms. The van der Waals surface area contributed by atoms with E-state index in [4.69, 9.17) is 0 Å². The molecule has 0 heterocycles. The number of hydrogen-bond donors (Lipinski definition) is 1. The first-order chi connectivity index (χ1) is 9.25. The average molecular weight is 286 g/mol. The largest absolute Gasteiger partial charge is 0.461 e. The minimum Gasteiger partial charge on any atom is -0.461 e. The lowest BCUT2D eigenvalue weighted by Crippen LogP contribution is -2.52. The molecule has 0 radical (unpaired) electrons. The molecular weight excluding hydrogens is 266 g/mol. The van der Waals surface area contributed by atoms with Crippen molar-refractivity contribution in [3.63, 3.8) is 0 Å². The van der Waals surface area contributed by atoms with Crippen LogP contribution in [0.2, 0.25) is 0 Å². The van der Waals surface area contributed by atoms with Crippen LogP contribution in [0, 0.1) is 5.92 Å². The molecule has 1 rings (SSSR count). The zero-order chi connectivity index (χ0) is 15.4. The Kier molecular flexibility index (Phi) is 5.22. The molecule has 1 atom stereocenters. The van der Waals surface area contributed by atoms with E-state index in [9.17, 15) is 18.7 Å². The van der Waals surface area contributed by atoms with Crippen LogP contribution in [0.15, 0.2) is 30.3 Å². The van der Waals surface area contributed by atoms with Crippen LogP contribution < -0.4 is 0 Å². The number of alkyl halides is 2. The summed E-state index contributed by atoms with van der Waals surface area (Å²) < 4.78 is 33.2. The van der Waals surface area contributed by atoms with Crippen LogP contribution in [0.5, 0.6) is 0 Å². The highest BCUT2D eigenvalue weighted by Crippen LogP contribution is 2.43. The number of esters is 1. The standard InChI is InChI=1S/C15H20F2O3/c1-4-20-13(18)15(16,17)14(19,10-11(2)3)12-8-6-5-7-9-12/h5-9,11,19H,4,10H2,1-3H3/t14-/m0/s1. The molecule has 112 valence electrons. The summed E-state index contributed by atoms with van der Waals surface area (Å²) in [6.45, 7) is 4.68. The smallest absolute Gasteiger partial charge is 0.380 e. The number of carbonyl (C=O) groups excluding carboxylic acids is 1. The molecule has 0 aliphatic rings. The second-order valence-electron chi connectivity index (χ2n) is 5.12. The Morgan fingerprint density at radius 3 is 2.30 bits per heavy atom. The van der Waals surface area contributed by atoms with E-state index in [2.05, 4.69) is 4.74 Å². The van der Waals surface area contributed by atoms with Gasteiger partial charge in [-0.25, -0.2) is 4.79 Å². The topological polar surface area (TPSA) is 46.5 Å². The summed E-state index contributed by atoms with van der Waals surface area (Å²) in [7, 11) is 0. The minimum atomic E-state index is -4.01. The molecule has 5 heteroatoms. The average Bonchev–Trinajstić information content (AvgIpc) is 2.39. The first-order valence-corrected chi connectivity index (χ1v) is 6.58. The normalized spacial score (nSPS) is 14.9. The van der Waals surface area contributed by atoms with Gasteiger partial charge in [0.2, 0.25) is 0 Å². The summed E-state index contributed by atoms with van der Waals surface area (Å²) in [4.78, 5) is 11.5. The van der Waals surface area contributed by atoms with Crippen molar-refractivity contribution in [1.82, 2.24) is 0 Å². The van der Waals surface area contributed by atoms with E-state index in [1.807, 2.05) is 0 Å². The number of aliphatic hydroxyl groups is 1. The maximum atomic E-state index is 14.4. The van der Waals surface area contributed by atoms with Crippen molar-refractivity contribution in [2.75, 3.05) is 6.61 Å². The molecule has 20 heavy (non-hydrogen) atoms. The number of carbonyl (C=O) groups is 1. The van der Waals surface area contributed by atoms with Gasteiger partial charge in [-0.1, -0.05) is 44.2 Å². The fraction of sp³-hybridized carbons (Fsp3) is 0.533. The Bertz CT molecular complexity index is 446. The minimum absolute atomic E-state index is 0.00625. The molecule has 0 saturated carbocycles. The van der Waals surface area contributed by atoms with Gasteiger partial charge in [0.15, 0.2) is 5.60 Å². The number of rotatable bonds is 6. The van der Waals surface area contributed by atoms with Gasteiger partial charge < -0.3 is 9.84 Å². The summed E-state index contributed by atoms with van der Waals surface area (Å²) in [5, 5.41) is 10.5. The lowest BCUT2D eigenvalue weighted by molar-refractivity contribution is -0.221. The van der Waals surface area contributed by atoms with Crippen molar-refractivity contribution in [2.24, 2.45) is 5.92 Å². The predicted octanol–water partition coefficient (Wildman–Crippen LogP) is 3.12. The van der Waals surface area contributed by atoms with Gasteiger partial charge >= 0.3 is 11.9 Å². The quantitative estimate of drug-likeness (QED) is 0.817. The summed E-state index contributed by atoms with van der Waals surface area (Å²) in [5.41, 5.74) is -2.57. The molecule has 0 saturated heterocycles. The third-order valence-corrected chi connectivity index (χ3v) is 3.01. The highest BCUT2D eigenvalue weighted by molar-refractivity contribution is 5.79. The van der Waals surface area contributed by atoms with E-state index >= 15 is 0 Å². The zero-order valence-corrected chi connectivity index (χ0v) is 11.9. The van der Waals surface area contributed by atoms with Crippen molar-refractivity contribution >= 4 is 5.97 Å². The fourth-order valence-corrected chi connectivity index (χ4v) is 2.12. The first-order valence-electron chi connectivity index (χ1n) is 6.58. The predicted molar refractivity (Wildman–Crippen MR) is 71.4 cm³/mol. The number of halogens is 2. The van der Waals surface area contributed by atoms with Crippen LogP contribution in [0.3, 0.4) is 0 Å². The van der Waals surface area contributed by atoms with Crippen LogP contribution in [0.4, 0.5) is 8.78 Å². The van der Waals surface area contributed by atoms with E-state index in [0.29, 0.717) is 0 Å². The third-order valence-electron chi connectivity index (χ3n) is 3.01. The molecule has 1 N–H and O–H groups in total. The van der Waals surface area contributed by atoms with E-state index in [-0.39, 0.29) is 24.5 Å². The van der Waals surface area contributed by atoms with E-state index in [1.54, 1.807) is 32.0 Å². The van der Waals surface area contributed by atoms with E-state index in [1.165, 1.54) is 19.1 Å². The van der Waals surface area contributed by atoms with Crippen molar-refractivity contribution in [1.29, 1.82) is 0 Å². The van der Waals surface area contributed by atoms with E-state index < -0.39 is 17.5 Å². The lowest BCUT2D eigenvalue weighted by atomic mass is 9.80. The number of benzene rings is 1. The Morgan fingerprint density at radius 2 is 1.85 bits per heavy atom. The monoisotopic (exact) mass is 286 g/mol. The van der Waals surface area contributed by atoms with Crippen LogP contribution >= 0.6 is 0 Å². The van der Waals surface area contributed by atoms with Crippen LogP contribution in [0.1, 0.15) is 32.8 Å². The van der Waals surface area contributed by atoms with E-state index in [0.717, 1.165) is 0 Å². The molecule has 0 unspecified atom stereocenters. The molecule has 1 aromatic carbocycles. The first kappa shape index (κ1) is 16.6. The van der Waals surface area contributed by atoms with Gasteiger partial charge in [-0.2, -0.15) is 8.78 Å². The maximum absolute atomic E-state index is 14.4. The highest BCUT2D eigenvalue weighted by Gasteiger charge is 2.60. The van der Waals surface area contributed by atoms with Crippen molar-refractivity contribution in [2.45, 2.75) is 38.7 Å². The molecule has 0 fully saturated rings. The fourth-order valence-electron chi connectivity index (χ4n) is 2.12. The summed E-state index contributed by atoms with van der Waals surface area (Å²) in [6, 6.07) is 7.51. The van der Waals surface area contributed by atoms with Gasteiger partial charge in [-0.3, -0.25) is 0 Å². The molecule has 0 amide bonds. The van der Waals surface area contributed by atoms with Crippen LogP contribution in [-0.2, 0) is 15.1 Å². The summed E-state index contributed by atoms with van der Waals surface area (Å²) in [5.74, 6) is -5.93. The molecule has 3 nitrogen and oxygen atoms in total. The molecular formula is C15H20F2O3. The van der Waals surface area contributed by atoms with Crippen molar-refractivity contribution in [3.8, 4) is 0 Å². The molecule has 0 aliphatic carbocycles. The van der Waals surface area contributed by atoms with Gasteiger partial charge in [-0.05, 0) is 24.8 Å². The highest BCUT2D eigenvalue weighted by atomic mass is 19.3. The number of hydrogen-bond acceptors (Lipinski definition) is 3. The summed E-state index contributed by atoms with van der Waals surface area (Å²) >= 11 is 0.